The van der Waals surface area contributed by atoms with Crippen molar-refractivity contribution in [1.82, 2.24) is 4.90 Å². The predicted molar refractivity (Wildman–Crippen MR) is 118 cm³/mol. The molecule has 2 amide bonds. The Morgan fingerprint density at radius 2 is 1.90 bits per heavy atom. The molecule has 1 aromatic heterocycles. The van der Waals surface area contributed by atoms with E-state index in [0.29, 0.717) is 17.1 Å². The normalized spacial score (nSPS) is 16.7. The highest BCUT2D eigenvalue weighted by Gasteiger charge is 2.28. The lowest BCUT2D eigenvalue weighted by Gasteiger charge is -2.31. The van der Waals surface area contributed by atoms with E-state index in [0.717, 1.165) is 35.5 Å². The van der Waals surface area contributed by atoms with Gasteiger partial charge < -0.3 is 15.4 Å². The highest BCUT2D eigenvalue weighted by atomic mass is 32.1. The van der Waals surface area contributed by atoms with Gasteiger partial charge in [0.15, 0.2) is 0 Å². The van der Waals surface area contributed by atoms with Crippen LogP contribution in [-0.4, -0.2) is 49.4 Å². The SMILES string of the molecule is COC(=O)c1c(NC(=O)CN2CCCC(C(=O)Nc3ccccc3)C2)sc(C)c1C. The zero-order valence-corrected chi connectivity index (χ0v) is 18.3. The fraction of sp³-hybridized carbons (Fsp3) is 0.409. The van der Waals surface area contributed by atoms with Crippen LogP contribution in [-0.2, 0) is 14.3 Å². The molecule has 2 heterocycles. The smallest absolute Gasteiger partial charge is 0.341 e. The number of hydrogen-bond donors (Lipinski definition) is 2. The molecule has 2 N–H and O–H groups in total. The molecule has 160 valence electrons. The van der Waals surface area contributed by atoms with E-state index < -0.39 is 5.97 Å². The fourth-order valence-corrected chi connectivity index (χ4v) is 4.68. The minimum atomic E-state index is -0.456. The van der Waals surface area contributed by atoms with E-state index in [9.17, 15) is 14.4 Å². The van der Waals surface area contributed by atoms with Gasteiger partial charge in [-0.1, -0.05) is 18.2 Å². The predicted octanol–water partition coefficient (Wildman–Crippen LogP) is 3.44. The van der Waals surface area contributed by atoms with Gasteiger partial charge in [-0.3, -0.25) is 14.5 Å². The van der Waals surface area contributed by atoms with Gasteiger partial charge in [-0.05, 0) is 50.9 Å². The summed E-state index contributed by atoms with van der Waals surface area (Å²) in [7, 11) is 1.33. The Bertz CT molecular complexity index is 926. The molecule has 0 radical (unpaired) electrons. The van der Waals surface area contributed by atoms with Gasteiger partial charge in [0.05, 0.1) is 25.1 Å². The third-order valence-corrected chi connectivity index (χ3v) is 6.44. The fourth-order valence-electron chi connectivity index (χ4n) is 3.61. The van der Waals surface area contributed by atoms with E-state index in [-0.39, 0.29) is 24.3 Å². The number of likely N-dealkylation sites (tertiary alicyclic amines) is 1. The Balaban J connectivity index is 1.59. The topological polar surface area (TPSA) is 87.7 Å². The lowest BCUT2D eigenvalue weighted by atomic mass is 9.97. The molecule has 0 bridgehead atoms. The van der Waals surface area contributed by atoms with Crippen molar-refractivity contribution >= 4 is 39.8 Å². The zero-order chi connectivity index (χ0) is 21.7. The number of aryl methyl sites for hydroxylation is 1. The standard InChI is InChI=1S/C22H27N3O4S/c1-14-15(2)30-21(19(14)22(28)29-3)24-18(26)13-25-11-7-8-16(12-25)20(27)23-17-9-5-4-6-10-17/h4-6,9-10,16H,7-8,11-13H2,1-3H3,(H,23,27)(H,24,26). The second kappa shape index (κ2) is 9.86. The summed E-state index contributed by atoms with van der Waals surface area (Å²) in [4.78, 5) is 40.3. The molecular weight excluding hydrogens is 402 g/mol. The number of methoxy groups -OCH3 is 1. The Hall–Kier alpha value is -2.71. The lowest BCUT2D eigenvalue weighted by molar-refractivity contribution is -0.123. The van der Waals surface area contributed by atoms with Gasteiger partial charge in [0.25, 0.3) is 0 Å². The van der Waals surface area contributed by atoms with Gasteiger partial charge in [-0.15, -0.1) is 11.3 Å². The molecule has 3 rings (SSSR count). The molecule has 1 aliphatic heterocycles. The molecule has 7 nitrogen and oxygen atoms in total. The van der Waals surface area contributed by atoms with E-state index in [2.05, 4.69) is 10.6 Å². The van der Waals surface area contributed by atoms with Gasteiger partial charge in [-0.25, -0.2) is 4.79 Å². The summed E-state index contributed by atoms with van der Waals surface area (Å²) < 4.78 is 4.85. The number of nitrogens with zero attached hydrogens (tertiary/aromatic N) is 1. The number of benzene rings is 1. The van der Waals surface area contributed by atoms with Crippen molar-refractivity contribution in [2.45, 2.75) is 26.7 Å². The number of esters is 1. The Kier molecular flexibility index (Phi) is 7.23. The minimum absolute atomic E-state index is 0.0243. The highest BCUT2D eigenvalue weighted by molar-refractivity contribution is 7.16. The molecule has 0 aliphatic carbocycles. The average molecular weight is 430 g/mol. The molecule has 2 aromatic rings. The third kappa shape index (κ3) is 5.25. The second-order valence-electron chi connectivity index (χ2n) is 7.46. The largest absolute Gasteiger partial charge is 0.465 e. The minimum Gasteiger partial charge on any atom is -0.465 e. The summed E-state index contributed by atoms with van der Waals surface area (Å²) in [6, 6.07) is 9.37. The van der Waals surface area contributed by atoms with Crippen molar-refractivity contribution in [1.29, 1.82) is 0 Å². The van der Waals surface area contributed by atoms with Crippen molar-refractivity contribution in [3.63, 3.8) is 0 Å². The first-order valence-corrected chi connectivity index (χ1v) is 10.8. The number of carbonyl (C=O) groups excluding carboxylic acids is 3. The number of para-hydroxylation sites is 1. The van der Waals surface area contributed by atoms with Crippen LogP contribution in [0.2, 0.25) is 0 Å². The molecular formula is C22H27N3O4S. The summed E-state index contributed by atoms with van der Waals surface area (Å²) >= 11 is 1.37. The van der Waals surface area contributed by atoms with E-state index in [1.807, 2.05) is 49.1 Å². The molecule has 1 aromatic carbocycles. The molecule has 8 heteroatoms. The van der Waals surface area contributed by atoms with Crippen LogP contribution in [0, 0.1) is 19.8 Å². The number of carbonyl (C=O) groups is 3. The number of anilines is 2. The maximum absolute atomic E-state index is 12.6. The van der Waals surface area contributed by atoms with Gasteiger partial charge in [0, 0.05) is 17.1 Å². The highest BCUT2D eigenvalue weighted by Crippen LogP contribution is 2.33. The maximum Gasteiger partial charge on any atom is 0.341 e. The van der Waals surface area contributed by atoms with Crippen molar-refractivity contribution in [2.75, 3.05) is 37.4 Å². The lowest BCUT2D eigenvalue weighted by Crippen LogP contribution is -2.44. The Morgan fingerprint density at radius 1 is 1.17 bits per heavy atom. The summed E-state index contributed by atoms with van der Waals surface area (Å²) in [5, 5.41) is 6.31. The van der Waals surface area contributed by atoms with Crippen LogP contribution in [0.5, 0.6) is 0 Å². The summed E-state index contributed by atoms with van der Waals surface area (Å²) in [6.07, 6.45) is 1.65. The number of thiophene rings is 1. The quantitative estimate of drug-likeness (QED) is 0.687. The first-order valence-electron chi connectivity index (χ1n) is 9.95. The van der Waals surface area contributed by atoms with Crippen molar-refractivity contribution < 1.29 is 19.1 Å². The molecule has 1 aliphatic rings. The average Bonchev–Trinajstić information content (AvgIpc) is 3.01. The number of nitrogens with one attached hydrogen (secondary N) is 2. The molecule has 1 saturated heterocycles. The van der Waals surface area contributed by atoms with Crippen molar-refractivity contribution in [3.05, 3.63) is 46.3 Å². The van der Waals surface area contributed by atoms with E-state index in [1.54, 1.807) is 0 Å². The first-order chi connectivity index (χ1) is 14.4. The Morgan fingerprint density at radius 3 is 2.60 bits per heavy atom. The summed E-state index contributed by atoms with van der Waals surface area (Å²) in [5.41, 5.74) is 2.00. The van der Waals surface area contributed by atoms with Gasteiger partial charge >= 0.3 is 5.97 Å². The van der Waals surface area contributed by atoms with Crippen LogP contribution in [0.1, 0.15) is 33.6 Å². The molecule has 0 saturated carbocycles. The number of piperidine rings is 1. The van der Waals surface area contributed by atoms with Crippen molar-refractivity contribution in [3.8, 4) is 0 Å². The first kappa shape index (κ1) is 22.0. The monoisotopic (exact) mass is 429 g/mol. The molecule has 0 spiro atoms. The summed E-state index contributed by atoms with van der Waals surface area (Å²) in [5.74, 6) is -0.847. The van der Waals surface area contributed by atoms with E-state index in [4.69, 9.17) is 4.74 Å². The second-order valence-corrected chi connectivity index (χ2v) is 8.68. The van der Waals surface area contributed by atoms with Crippen LogP contribution in [0.4, 0.5) is 10.7 Å². The van der Waals surface area contributed by atoms with Crippen LogP contribution in [0.25, 0.3) is 0 Å². The molecule has 1 atom stereocenters. The zero-order valence-electron chi connectivity index (χ0n) is 17.5. The number of amides is 2. The van der Waals surface area contributed by atoms with Crippen LogP contribution in [0.15, 0.2) is 30.3 Å². The molecule has 30 heavy (non-hydrogen) atoms. The van der Waals surface area contributed by atoms with Crippen LogP contribution >= 0.6 is 11.3 Å². The number of hydrogen-bond acceptors (Lipinski definition) is 6. The van der Waals surface area contributed by atoms with Gasteiger partial charge in [-0.2, -0.15) is 0 Å². The summed E-state index contributed by atoms with van der Waals surface area (Å²) in [6.45, 7) is 5.20. The number of ether oxygens (including phenoxy) is 1. The third-order valence-electron chi connectivity index (χ3n) is 5.31. The number of rotatable bonds is 6. The van der Waals surface area contributed by atoms with Crippen LogP contribution < -0.4 is 10.6 Å². The van der Waals surface area contributed by atoms with Crippen LogP contribution in [0.3, 0.4) is 0 Å². The maximum atomic E-state index is 12.6. The van der Waals surface area contributed by atoms with Gasteiger partial charge in [0.1, 0.15) is 5.00 Å². The van der Waals surface area contributed by atoms with E-state index in [1.165, 1.54) is 18.4 Å². The molecule has 1 unspecified atom stereocenters. The van der Waals surface area contributed by atoms with Gasteiger partial charge in [0.2, 0.25) is 11.8 Å². The van der Waals surface area contributed by atoms with E-state index >= 15 is 0 Å². The molecule has 1 fully saturated rings. The van der Waals surface area contributed by atoms with Crippen molar-refractivity contribution in [2.24, 2.45) is 5.92 Å². The Labute approximate surface area is 180 Å².